The fourth-order valence-corrected chi connectivity index (χ4v) is 2.74. The predicted octanol–water partition coefficient (Wildman–Crippen LogP) is 0.759. The second-order valence-electron chi connectivity index (χ2n) is 4.67. The van der Waals surface area contributed by atoms with Gasteiger partial charge in [-0.2, -0.15) is 0 Å². The number of nitrogens with one attached hydrogen (secondary N) is 1. The van der Waals surface area contributed by atoms with Crippen molar-refractivity contribution in [3.05, 3.63) is 18.3 Å². The molecule has 1 fully saturated rings. The van der Waals surface area contributed by atoms with E-state index in [4.69, 9.17) is 10.5 Å². The number of sulfonamides is 1. The molecule has 19 heavy (non-hydrogen) atoms. The second kappa shape index (κ2) is 6.31. The fraction of sp³-hybridized carbons (Fsp3) is 0.583. The highest BCUT2D eigenvalue weighted by Gasteiger charge is 2.21. The molecule has 0 spiro atoms. The standard InChI is InChI=1S/C12H19N3O3S/c13-11-3-1-6-14-12(11)19(16,17)15-7-2-8-18-9-10-4-5-10/h1,3,6,10,15H,2,4-5,7-9,13H2. The number of hydrogen-bond acceptors (Lipinski definition) is 5. The Balaban J connectivity index is 1.73. The van der Waals surface area contributed by atoms with E-state index in [1.807, 2.05) is 0 Å². The van der Waals surface area contributed by atoms with Crippen LogP contribution in [0, 0.1) is 5.92 Å². The monoisotopic (exact) mass is 285 g/mol. The predicted molar refractivity (Wildman–Crippen MR) is 72.0 cm³/mol. The fourth-order valence-electron chi connectivity index (χ4n) is 1.61. The van der Waals surface area contributed by atoms with Crippen LogP contribution >= 0.6 is 0 Å². The molecule has 0 atom stereocenters. The van der Waals surface area contributed by atoms with Crippen molar-refractivity contribution in [2.45, 2.75) is 24.3 Å². The van der Waals surface area contributed by atoms with Crippen LogP contribution in [0.15, 0.2) is 23.4 Å². The number of pyridine rings is 1. The van der Waals surface area contributed by atoms with E-state index in [1.54, 1.807) is 6.07 Å². The van der Waals surface area contributed by atoms with Crippen LogP contribution in [-0.4, -0.2) is 33.2 Å². The minimum Gasteiger partial charge on any atom is -0.396 e. The van der Waals surface area contributed by atoms with Crippen LogP contribution in [0.2, 0.25) is 0 Å². The summed E-state index contributed by atoms with van der Waals surface area (Å²) in [5.41, 5.74) is 5.75. The first kappa shape index (κ1) is 14.2. The van der Waals surface area contributed by atoms with E-state index in [1.165, 1.54) is 25.1 Å². The van der Waals surface area contributed by atoms with Crippen molar-refractivity contribution in [1.82, 2.24) is 9.71 Å². The topological polar surface area (TPSA) is 94.3 Å². The number of nitrogen functional groups attached to an aromatic ring is 1. The number of hydrogen-bond donors (Lipinski definition) is 2. The Kier molecular flexibility index (Phi) is 4.73. The lowest BCUT2D eigenvalue weighted by Gasteiger charge is -2.08. The number of rotatable bonds is 8. The maximum absolute atomic E-state index is 11.9. The van der Waals surface area contributed by atoms with Crippen molar-refractivity contribution in [3.63, 3.8) is 0 Å². The molecule has 3 N–H and O–H groups in total. The summed E-state index contributed by atoms with van der Waals surface area (Å²) in [7, 11) is -3.62. The third-order valence-corrected chi connectivity index (χ3v) is 4.30. The van der Waals surface area contributed by atoms with Gasteiger partial charge in [0, 0.05) is 26.0 Å². The van der Waals surface area contributed by atoms with Crippen molar-refractivity contribution in [1.29, 1.82) is 0 Å². The van der Waals surface area contributed by atoms with Crippen molar-refractivity contribution in [2.75, 3.05) is 25.5 Å². The molecule has 0 aliphatic heterocycles. The van der Waals surface area contributed by atoms with Crippen LogP contribution in [0.5, 0.6) is 0 Å². The molecule has 106 valence electrons. The summed E-state index contributed by atoms with van der Waals surface area (Å²) >= 11 is 0. The number of nitrogens with zero attached hydrogens (tertiary/aromatic N) is 1. The highest BCUT2D eigenvalue weighted by Crippen LogP contribution is 2.28. The minimum absolute atomic E-state index is 0.117. The van der Waals surface area contributed by atoms with Crippen LogP contribution in [0.1, 0.15) is 19.3 Å². The zero-order valence-corrected chi connectivity index (χ0v) is 11.5. The minimum atomic E-state index is -3.62. The Labute approximate surface area is 113 Å². The molecule has 2 rings (SSSR count). The Morgan fingerprint density at radius 3 is 2.95 bits per heavy atom. The molecule has 1 aliphatic carbocycles. The summed E-state index contributed by atoms with van der Waals surface area (Å²) < 4.78 is 31.7. The van der Waals surface area contributed by atoms with Crippen LogP contribution < -0.4 is 10.5 Å². The SMILES string of the molecule is Nc1cccnc1S(=O)(=O)NCCCOCC1CC1. The Morgan fingerprint density at radius 1 is 1.47 bits per heavy atom. The molecule has 1 saturated carbocycles. The summed E-state index contributed by atoms with van der Waals surface area (Å²) in [6.07, 6.45) is 4.56. The third kappa shape index (κ3) is 4.45. The summed E-state index contributed by atoms with van der Waals surface area (Å²) in [6.45, 7) is 1.68. The number of anilines is 1. The van der Waals surface area contributed by atoms with Crippen LogP contribution in [-0.2, 0) is 14.8 Å². The van der Waals surface area contributed by atoms with E-state index < -0.39 is 10.0 Å². The van der Waals surface area contributed by atoms with Crippen molar-refractivity contribution in [2.24, 2.45) is 5.92 Å². The summed E-state index contributed by atoms with van der Waals surface area (Å²) in [4.78, 5) is 3.79. The number of ether oxygens (including phenoxy) is 1. The van der Waals surface area contributed by atoms with Gasteiger partial charge in [-0.3, -0.25) is 0 Å². The van der Waals surface area contributed by atoms with Crippen LogP contribution in [0.25, 0.3) is 0 Å². The Bertz CT molecular complexity index is 515. The van der Waals surface area contributed by atoms with Gasteiger partial charge in [0.2, 0.25) is 0 Å². The quantitative estimate of drug-likeness (QED) is 0.688. The number of aromatic nitrogens is 1. The zero-order chi connectivity index (χ0) is 13.7. The van der Waals surface area contributed by atoms with E-state index in [-0.39, 0.29) is 10.7 Å². The first-order chi connectivity index (χ1) is 9.09. The lowest BCUT2D eigenvalue weighted by molar-refractivity contribution is 0.123. The van der Waals surface area contributed by atoms with Crippen LogP contribution in [0.3, 0.4) is 0 Å². The molecule has 0 unspecified atom stereocenters. The normalized spacial score (nSPS) is 15.6. The average molecular weight is 285 g/mol. The van der Waals surface area contributed by atoms with E-state index in [0.717, 1.165) is 12.5 Å². The van der Waals surface area contributed by atoms with E-state index in [2.05, 4.69) is 9.71 Å². The van der Waals surface area contributed by atoms with E-state index in [0.29, 0.717) is 19.6 Å². The lowest BCUT2D eigenvalue weighted by atomic mass is 10.4. The van der Waals surface area contributed by atoms with Gasteiger partial charge in [-0.25, -0.2) is 18.1 Å². The molecule has 7 heteroatoms. The Morgan fingerprint density at radius 2 is 2.26 bits per heavy atom. The molecule has 6 nitrogen and oxygen atoms in total. The third-order valence-electron chi connectivity index (χ3n) is 2.86. The summed E-state index contributed by atoms with van der Waals surface area (Å²) in [5, 5.41) is -0.117. The zero-order valence-electron chi connectivity index (χ0n) is 10.7. The van der Waals surface area contributed by atoms with Crippen LogP contribution in [0.4, 0.5) is 5.69 Å². The van der Waals surface area contributed by atoms with Gasteiger partial charge in [0.15, 0.2) is 5.03 Å². The highest BCUT2D eigenvalue weighted by atomic mass is 32.2. The first-order valence-electron chi connectivity index (χ1n) is 6.37. The van der Waals surface area contributed by atoms with Crippen molar-refractivity contribution in [3.8, 4) is 0 Å². The molecule has 1 aliphatic rings. The van der Waals surface area contributed by atoms with Gasteiger partial charge in [0.1, 0.15) is 0 Å². The molecule has 1 aromatic rings. The molecule has 1 aromatic heterocycles. The average Bonchev–Trinajstić information content (AvgIpc) is 3.18. The molecule has 0 amide bonds. The van der Waals surface area contributed by atoms with Gasteiger partial charge in [0.05, 0.1) is 5.69 Å². The molecule has 0 radical (unpaired) electrons. The summed E-state index contributed by atoms with van der Waals surface area (Å²) in [5.74, 6) is 0.727. The summed E-state index contributed by atoms with van der Waals surface area (Å²) in [6, 6.07) is 3.11. The van der Waals surface area contributed by atoms with Gasteiger partial charge >= 0.3 is 0 Å². The molecular weight excluding hydrogens is 266 g/mol. The van der Waals surface area contributed by atoms with Gasteiger partial charge < -0.3 is 10.5 Å². The van der Waals surface area contributed by atoms with Crippen molar-refractivity contribution < 1.29 is 13.2 Å². The van der Waals surface area contributed by atoms with Gasteiger partial charge in [0.25, 0.3) is 10.0 Å². The largest absolute Gasteiger partial charge is 0.396 e. The Hall–Kier alpha value is -1.18. The molecule has 0 saturated heterocycles. The van der Waals surface area contributed by atoms with Gasteiger partial charge in [-0.1, -0.05) is 0 Å². The lowest BCUT2D eigenvalue weighted by Crippen LogP contribution is -2.27. The maximum atomic E-state index is 11.9. The molecular formula is C12H19N3O3S. The maximum Gasteiger partial charge on any atom is 0.260 e. The van der Waals surface area contributed by atoms with Gasteiger partial charge in [-0.15, -0.1) is 0 Å². The molecule has 1 heterocycles. The smallest absolute Gasteiger partial charge is 0.260 e. The highest BCUT2D eigenvalue weighted by molar-refractivity contribution is 7.89. The van der Waals surface area contributed by atoms with E-state index >= 15 is 0 Å². The molecule has 0 bridgehead atoms. The van der Waals surface area contributed by atoms with Gasteiger partial charge in [-0.05, 0) is 37.3 Å². The second-order valence-corrected chi connectivity index (χ2v) is 6.35. The van der Waals surface area contributed by atoms with E-state index in [9.17, 15) is 8.42 Å². The first-order valence-corrected chi connectivity index (χ1v) is 7.86. The molecule has 0 aromatic carbocycles. The number of nitrogens with two attached hydrogens (primary N) is 1. The van der Waals surface area contributed by atoms with Crippen molar-refractivity contribution >= 4 is 15.7 Å².